The fourth-order valence-electron chi connectivity index (χ4n) is 2.81. The van der Waals surface area contributed by atoms with Crippen molar-refractivity contribution in [1.29, 1.82) is 0 Å². The smallest absolute Gasteiger partial charge is 0.260 e. The molecule has 0 aliphatic carbocycles. The molecule has 1 fully saturated rings. The lowest BCUT2D eigenvalue weighted by molar-refractivity contribution is 0.0342. The van der Waals surface area contributed by atoms with Crippen molar-refractivity contribution in [2.75, 3.05) is 26.3 Å². The predicted octanol–water partition coefficient (Wildman–Crippen LogP) is 1.45. The topological polar surface area (TPSA) is 74.4 Å². The fraction of sp³-hybridized carbons (Fsp3) is 0.368. The van der Waals surface area contributed by atoms with E-state index in [2.05, 4.69) is 27.3 Å². The molecule has 1 saturated heterocycles. The monoisotopic (exact) mass is 341 g/mol. The highest BCUT2D eigenvalue weighted by molar-refractivity contribution is 5.93. The molecule has 0 spiro atoms. The minimum absolute atomic E-state index is 0.134. The second-order valence-electron chi connectivity index (χ2n) is 6.27. The second kappa shape index (κ2) is 8.09. The maximum absolute atomic E-state index is 12.1. The number of nitrogens with one attached hydrogen (secondary N) is 2. The maximum atomic E-state index is 12.1. The summed E-state index contributed by atoms with van der Waals surface area (Å²) in [5.41, 5.74) is 2.75. The van der Waals surface area contributed by atoms with Gasteiger partial charge >= 0.3 is 0 Å². The van der Waals surface area contributed by atoms with Gasteiger partial charge in [-0.15, -0.1) is 0 Å². The lowest BCUT2D eigenvalue weighted by Crippen LogP contribution is -2.35. The van der Waals surface area contributed by atoms with E-state index in [9.17, 15) is 9.59 Å². The van der Waals surface area contributed by atoms with Crippen molar-refractivity contribution in [3.63, 3.8) is 0 Å². The average molecular weight is 341 g/mol. The first-order valence-corrected chi connectivity index (χ1v) is 8.48. The number of hydrogen-bond acceptors (Lipinski definition) is 4. The zero-order valence-corrected chi connectivity index (χ0v) is 14.4. The first-order valence-electron chi connectivity index (χ1n) is 8.48. The highest BCUT2D eigenvalue weighted by Crippen LogP contribution is 2.09. The van der Waals surface area contributed by atoms with Gasteiger partial charge in [0.05, 0.1) is 13.2 Å². The number of hydrogen-bond donors (Lipinski definition) is 2. The number of H-pyrrole nitrogens is 1. The second-order valence-corrected chi connectivity index (χ2v) is 6.27. The third kappa shape index (κ3) is 4.78. The van der Waals surface area contributed by atoms with Crippen LogP contribution in [0.4, 0.5) is 0 Å². The van der Waals surface area contributed by atoms with Crippen LogP contribution in [-0.4, -0.2) is 42.1 Å². The normalized spacial score (nSPS) is 15.1. The zero-order chi connectivity index (χ0) is 17.6. The molecular weight excluding hydrogens is 318 g/mol. The number of ether oxygens (including phenoxy) is 1. The number of rotatable bonds is 5. The van der Waals surface area contributed by atoms with Crippen LogP contribution in [0.3, 0.4) is 0 Å². The van der Waals surface area contributed by atoms with E-state index in [0.717, 1.165) is 44.1 Å². The number of carbonyl (C=O) groups excluding carboxylic acids is 1. The Kier molecular flexibility index (Phi) is 5.63. The van der Waals surface area contributed by atoms with Crippen LogP contribution in [0.15, 0.2) is 41.2 Å². The summed E-state index contributed by atoms with van der Waals surface area (Å²) in [6.07, 6.45) is 0. The molecule has 132 valence electrons. The van der Waals surface area contributed by atoms with Crippen LogP contribution in [0.1, 0.15) is 27.2 Å². The Hall–Kier alpha value is -2.44. The van der Waals surface area contributed by atoms with Gasteiger partial charge in [0, 0.05) is 31.9 Å². The predicted molar refractivity (Wildman–Crippen MR) is 95.5 cm³/mol. The Balaban J connectivity index is 1.54. The molecule has 2 heterocycles. The summed E-state index contributed by atoms with van der Waals surface area (Å²) in [5.74, 6) is -0.362. The van der Waals surface area contributed by atoms with Gasteiger partial charge in [-0.1, -0.05) is 24.3 Å². The number of aryl methyl sites for hydroxylation is 1. The molecule has 0 unspecified atom stereocenters. The van der Waals surface area contributed by atoms with E-state index in [0.29, 0.717) is 6.54 Å². The van der Waals surface area contributed by atoms with Crippen LogP contribution in [0.5, 0.6) is 0 Å². The lowest BCUT2D eigenvalue weighted by atomic mass is 10.1. The highest BCUT2D eigenvalue weighted by atomic mass is 16.5. The Morgan fingerprint density at radius 3 is 2.48 bits per heavy atom. The summed E-state index contributed by atoms with van der Waals surface area (Å²) in [4.78, 5) is 28.9. The van der Waals surface area contributed by atoms with Crippen molar-refractivity contribution in [3.8, 4) is 0 Å². The van der Waals surface area contributed by atoms with Gasteiger partial charge < -0.3 is 15.0 Å². The molecule has 3 rings (SSSR count). The molecule has 25 heavy (non-hydrogen) atoms. The number of morpholine rings is 1. The van der Waals surface area contributed by atoms with Crippen molar-refractivity contribution in [2.24, 2.45) is 0 Å². The number of benzene rings is 1. The highest BCUT2D eigenvalue weighted by Gasteiger charge is 2.11. The molecule has 1 aromatic carbocycles. The van der Waals surface area contributed by atoms with Gasteiger partial charge in [0.1, 0.15) is 5.56 Å². The standard InChI is InChI=1S/C19H23N3O3/c1-14-2-7-17(19(24)21-14)18(23)20-12-15-3-5-16(6-4-15)13-22-8-10-25-11-9-22/h2-7H,8-13H2,1H3,(H,20,23)(H,21,24). The van der Waals surface area contributed by atoms with Gasteiger partial charge in [0.15, 0.2) is 0 Å². The molecule has 0 atom stereocenters. The summed E-state index contributed by atoms with van der Waals surface area (Å²) in [5, 5.41) is 2.79. The summed E-state index contributed by atoms with van der Waals surface area (Å²) in [6, 6.07) is 11.4. The maximum Gasteiger partial charge on any atom is 0.260 e. The number of carbonyl (C=O) groups is 1. The Morgan fingerprint density at radius 2 is 1.80 bits per heavy atom. The van der Waals surface area contributed by atoms with Crippen LogP contribution in [0.25, 0.3) is 0 Å². The number of aromatic nitrogens is 1. The van der Waals surface area contributed by atoms with Gasteiger partial charge in [-0.3, -0.25) is 14.5 Å². The van der Waals surface area contributed by atoms with E-state index in [1.54, 1.807) is 19.1 Å². The fourth-order valence-corrected chi connectivity index (χ4v) is 2.81. The molecule has 1 aliphatic heterocycles. The van der Waals surface area contributed by atoms with E-state index in [4.69, 9.17) is 4.74 Å². The molecular formula is C19H23N3O3. The van der Waals surface area contributed by atoms with Crippen LogP contribution in [0, 0.1) is 6.92 Å². The summed E-state index contributed by atoms with van der Waals surface area (Å²) < 4.78 is 5.36. The molecule has 2 aromatic rings. The molecule has 0 saturated carbocycles. The first kappa shape index (κ1) is 17.4. The van der Waals surface area contributed by atoms with E-state index >= 15 is 0 Å². The summed E-state index contributed by atoms with van der Waals surface area (Å²) in [7, 11) is 0. The number of nitrogens with zero attached hydrogens (tertiary/aromatic N) is 1. The minimum Gasteiger partial charge on any atom is -0.379 e. The van der Waals surface area contributed by atoms with Crippen molar-refractivity contribution in [2.45, 2.75) is 20.0 Å². The van der Waals surface area contributed by atoms with Crippen LogP contribution >= 0.6 is 0 Å². The average Bonchev–Trinajstić information content (AvgIpc) is 2.62. The third-order valence-corrected chi connectivity index (χ3v) is 4.29. The number of amides is 1. The molecule has 1 aliphatic rings. The van der Waals surface area contributed by atoms with Gasteiger partial charge in [-0.05, 0) is 30.2 Å². The van der Waals surface area contributed by atoms with Crippen LogP contribution in [-0.2, 0) is 17.8 Å². The van der Waals surface area contributed by atoms with Crippen molar-refractivity contribution in [1.82, 2.24) is 15.2 Å². The molecule has 1 aromatic heterocycles. The molecule has 1 amide bonds. The van der Waals surface area contributed by atoms with E-state index in [1.165, 1.54) is 5.56 Å². The Labute approximate surface area is 146 Å². The molecule has 2 N–H and O–H groups in total. The van der Waals surface area contributed by atoms with Crippen molar-refractivity contribution >= 4 is 5.91 Å². The lowest BCUT2D eigenvalue weighted by Gasteiger charge is -2.26. The van der Waals surface area contributed by atoms with Gasteiger partial charge in [0.2, 0.25) is 0 Å². The van der Waals surface area contributed by atoms with Gasteiger partial charge in [0.25, 0.3) is 11.5 Å². The SMILES string of the molecule is Cc1ccc(C(=O)NCc2ccc(CN3CCOCC3)cc2)c(=O)[nH]1. The Bertz CT molecular complexity index is 777. The van der Waals surface area contributed by atoms with Crippen molar-refractivity contribution in [3.05, 3.63) is 69.1 Å². The van der Waals surface area contributed by atoms with E-state index < -0.39 is 0 Å². The molecule has 0 bridgehead atoms. The summed E-state index contributed by atoms with van der Waals surface area (Å²) in [6.45, 7) is 6.59. The van der Waals surface area contributed by atoms with Crippen LogP contribution in [0.2, 0.25) is 0 Å². The Morgan fingerprint density at radius 1 is 1.12 bits per heavy atom. The zero-order valence-electron chi connectivity index (χ0n) is 14.4. The van der Waals surface area contributed by atoms with Crippen molar-refractivity contribution < 1.29 is 9.53 Å². The summed E-state index contributed by atoms with van der Waals surface area (Å²) >= 11 is 0. The van der Waals surface area contributed by atoms with E-state index in [-0.39, 0.29) is 17.0 Å². The minimum atomic E-state index is -0.363. The largest absolute Gasteiger partial charge is 0.379 e. The van der Waals surface area contributed by atoms with Gasteiger partial charge in [-0.25, -0.2) is 0 Å². The molecule has 0 radical (unpaired) electrons. The van der Waals surface area contributed by atoms with Crippen LogP contribution < -0.4 is 10.9 Å². The first-order chi connectivity index (χ1) is 12.1. The quantitative estimate of drug-likeness (QED) is 0.863. The number of pyridine rings is 1. The van der Waals surface area contributed by atoms with Gasteiger partial charge in [-0.2, -0.15) is 0 Å². The third-order valence-electron chi connectivity index (χ3n) is 4.29. The van der Waals surface area contributed by atoms with E-state index in [1.807, 2.05) is 12.1 Å². The molecule has 6 nitrogen and oxygen atoms in total. The molecule has 6 heteroatoms. The number of aromatic amines is 1.